The summed E-state index contributed by atoms with van der Waals surface area (Å²) in [6.07, 6.45) is 5.19. The second-order valence-corrected chi connectivity index (χ2v) is 9.66. The molecule has 1 atom stereocenters. The molecule has 1 unspecified atom stereocenters. The van der Waals surface area contributed by atoms with Gasteiger partial charge in [0.2, 0.25) is 4.90 Å². The van der Waals surface area contributed by atoms with Gasteiger partial charge in [0.05, 0.1) is 6.20 Å². The van der Waals surface area contributed by atoms with Gasteiger partial charge in [-0.25, -0.2) is 9.50 Å². The van der Waals surface area contributed by atoms with Crippen molar-refractivity contribution in [3.8, 4) is 22.3 Å². The molecule has 6 nitrogen and oxygen atoms in total. The number of hydrogen-bond acceptors (Lipinski definition) is 5. The summed E-state index contributed by atoms with van der Waals surface area (Å²) in [4.78, 5) is 6.72. The quantitative estimate of drug-likeness (QED) is 0.408. The van der Waals surface area contributed by atoms with E-state index in [4.69, 9.17) is 0 Å². The van der Waals surface area contributed by atoms with E-state index in [1.54, 1.807) is 29.9 Å². The maximum absolute atomic E-state index is 13.0. The first-order valence-corrected chi connectivity index (χ1v) is 12.0. The third kappa shape index (κ3) is 4.36. The zero-order chi connectivity index (χ0) is 23.9. The molecule has 2 N–H and O–H groups in total. The number of aryl methyl sites for hydroxylation is 1. The minimum absolute atomic E-state index is 0.186. The maximum atomic E-state index is 13.0. The lowest BCUT2D eigenvalue weighted by atomic mass is 10.0. The molecule has 0 radical (unpaired) electrons. The largest absolute Gasteiger partial charge is 0.613 e. The van der Waals surface area contributed by atoms with Crippen molar-refractivity contribution in [2.75, 3.05) is 31.1 Å². The first kappa shape index (κ1) is 22.7. The van der Waals surface area contributed by atoms with E-state index in [1.807, 2.05) is 6.20 Å². The lowest BCUT2D eigenvalue weighted by Gasteiger charge is -2.29. The summed E-state index contributed by atoms with van der Waals surface area (Å²) < 4.78 is 50.4. The van der Waals surface area contributed by atoms with E-state index in [1.165, 1.54) is 17.8 Å². The highest BCUT2D eigenvalue weighted by molar-refractivity contribution is 7.92. The summed E-state index contributed by atoms with van der Waals surface area (Å²) in [5, 5.41) is 7.74. The Labute approximate surface area is 197 Å². The molecule has 0 bridgehead atoms. The van der Waals surface area contributed by atoms with E-state index in [9.17, 15) is 17.7 Å². The Morgan fingerprint density at radius 3 is 2.41 bits per heavy atom. The van der Waals surface area contributed by atoms with Crippen molar-refractivity contribution in [2.45, 2.75) is 17.3 Å². The normalized spacial score (nSPS) is 15.6. The summed E-state index contributed by atoms with van der Waals surface area (Å²) in [5.74, 6) is 0. The number of piperazine rings is 1. The minimum Gasteiger partial charge on any atom is -0.369 e. The van der Waals surface area contributed by atoms with Gasteiger partial charge < -0.3 is 10.2 Å². The SMILES string of the molecule is Cc1ccc([S+](O)C(F)(F)F)cc1-c1cnn2cc(-c3ccc(N4CCNCC4)cc3)cnc12. The van der Waals surface area contributed by atoms with E-state index >= 15 is 0 Å². The number of nitrogens with zero attached hydrogens (tertiary/aromatic N) is 4. The van der Waals surface area contributed by atoms with Crippen LogP contribution in [0.25, 0.3) is 27.9 Å². The summed E-state index contributed by atoms with van der Waals surface area (Å²) >= 11 is -2.85. The van der Waals surface area contributed by atoms with Crippen LogP contribution in [-0.2, 0) is 11.2 Å². The van der Waals surface area contributed by atoms with Crippen LogP contribution < -0.4 is 10.2 Å². The standard InChI is InChI=1S/C24H23F3N5OS/c1-16-2-7-20(34(33)24(25,26)27)12-21(16)22-14-30-32-15-18(13-29-23(22)32)17-3-5-19(6-4-17)31-10-8-28-9-11-31/h2-7,12-15,28,33H,8-11H2,1H3/q+1. The van der Waals surface area contributed by atoms with Crippen molar-refractivity contribution in [3.05, 3.63) is 66.6 Å². The average molecular weight is 487 g/mol. The molecule has 2 aromatic heterocycles. The number of rotatable bonds is 4. The Hall–Kier alpha value is -3.08. The number of alkyl halides is 3. The Morgan fingerprint density at radius 2 is 1.71 bits per heavy atom. The molecule has 10 heteroatoms. The van der Waals surface area contributed by atoms with Crippen molar-refractivity contribution in [3.63, 3.8) is 0 Å². The van der Waals surface area contributed by atoms with Crippen molar-refractivity contribution in [1.29, 1.82) is 0 Å². The van der Waals surface area contributed by atoms with Gasteiger partial charge in [-0.1, -0.05) is 18.2 Å². The van der Waals surface area contributed by atoms with Crippen molar-refractivity contribution >= 4 is 22.5 Å². The molecule has 0 amide bonds. The summed E-state index contributed by atoms with van der Waals surface area (Å²) in [6.45, 7) is 5.71. The summed E-state index contributed by atoms with van der Waals surface area (Å²) in [5.41, 5.74) is 0.826. The molecule has 0 spiro atoms. The number of nitrogens with one attached hydrogen (secondary N) is 1. The van der Waals surface area contributed by atoms with Crippen molar-refractivity contribution < 1.29 is 17.7 Å². The van der Waals surface area contributed by atoms with Gasteiger partial charge in [-0.2, -0.15) is 9.65 Å². The average Bonchev–Trinajstić information content (AvgIpc) is 3.27. The van der Waals surface area contributed by atoms with Gasteiger partial charge in [-0.15, -0.1) is 13.2 Å². The van der Waals surface area contributed by atoms with E-state index in [0.29, 0.717) is 16.8 Å². The predicted molar refractivity (Wildman–Crippen MR) is 128 cm³/mol. The minimum atomic E-state index is -4.71. The number of hydrogen-bond donors (Lipinski definition) is 2. The molecule has 5 rings (SSSR count). The van der Waals surface area contributed by atoms with Gasteiger partial charge in [0.1, 0.15) is 0 Å². The molecular weight excluding hydrogens is 463 g/mol. The van der Waals surface area contributed by atoms with E-state index in [0.717, 1.165) is 42.9 Å². The number of anilines is 1. The third-order valence-electron chi connectivity index (χ3n) is 5.98. The van der Waals surface area contributed by atoms with Crippen LogP contribution in [-0.4, -0.2) is 50.8 Å². The second kappa shape index (κ2) is 8.94. The van der Waals surface area contributed by atoms with Crippen LogP contribution in [0.5, 0.6) is 0 Å². The van der Waals surface area contributed by atoms with Crippen LogP contribution >= 0.6 is 0 Å². The summed E-state index contributed by atoms with van der Waals surface area (Å²) in [6, 6.07) is 12.5. The monoisotopic (exact) mass is 486 g/mol. The van der Waals surface area contributed by atoms with Gasteiger partial charge in [0.25, 0.3) is 11.2 Å². The van der Waals surface area contributed by atoms with Crippen LogP contribution in [0.1, 0.15) is 5.56 Å². The highest BCUT2D eigenvalue weighted by Gasteiger charge is 2.54. The first-order chi connectivity index (χ1) is 16.3. The molecule has 1 saturated heterocycles. The summed E-state index contributed by atoms with van der Waals surface area (Å²) in [7, 11) is 0. The fourth-order valence-electron chi connectivity index (χ4n) is 4.15. The first-order valence-electron chi connectivity index (χ1n) is 10.8. The molecule has 1 fully saturated rings. The van der Waals surface area contributed by atoms with E-state index in [-0.39, 0.29) is 4.90 Å². The van der Waals surface area contributed by atoms with Crippen LogP contribution in [0.2, 0.25) is 0 Å². The molecule has 0 saturated carbocycles. The maximum Gasteiger partial charge on any atom is 0.613 e. The third-order valence-corrected chi connectivity index (χ3v) is 7.12. The van der Waals surface area contributed by atoms with Crippen LogP contribution in [0, 0.1) is 6.92 Å². The lowest BCUT2D eigenvalue weighted by molar-refractivity contribution is -0.0429. The van der Waals surface area contributed by atoms with Gasteiger partial charge in [-0.05, 0) is 41.8 Å². The number of benzene rings is 2. The molecule has 4 aromatic rings. The Bertz CT molecular complexity index is 1320. The topological polar surface area (TPSA) is 65.7 Å². The number of aromatic nitrogens is 3. The van der Waals surface area contributed by atoms with E-state index < -0.39 is 16.7 Å². The smallest absolute Gasteiger partial charge is 0.369 e. The van der Waals surface area contributed by atoms with Gasteiger partial charge >= 0.3 is 5.51 Å². The van der Waals surface area contributed by atoms with Crippen LogP contribution in [0.15, 0.2) is 66.0 Å². The van der Waals surface area contributed by atoms with Gasteiger partial charge in [-0.3, -0.25) is 0 Å². The lowest BCUT2D eigenvalue weighted by Crippen LogP contribution is -2.43. The van der Waals surface area contributed by atoms with Gasteiger partial charge in [0, 0.05) is 61.5 Å². The molecule has 2 aromatic carbocycles. The van der Waals surface area contributed by atoms with Crippen molar-refractivity contribution in [2.24, 2.45) is 0 Å². The Morgan fingerprint density at radius 1 is 0.971 bits per heavy atom. The Balaban J connectivity index is 1.46. The molecule has 3 heterocycles. The second-order valence-electron chi connectivity index (χ2n) is 8.16. The molecule has 1 aliphatic heterocycles. The number of fused-ring (bicyclic) bond motifs is 1. The molecule has 176 valence electrons. The molecular formula is C24H23F3N5OS+. The van der Waals surface area contributed by atoms with Gasteiger partial charge in [0.15, 0.2) is 5.65 Å². The fourth-order valence-corrected chi connectivity index (χ4v) is 4.84. The molecule has 1 aliphatic rings. The van der Waals surface area contributed by atoms with Crippen LogP contribution in [0.3, 0.4) is 0 Å². The predicted octanol–water partition coefficient (Wildman–Crippen LogP) is 4.75. The highest BCUT2D eigenvalue weighted by Crippen LogP contribution is 2.35. The molecule has 0 aliphatic carbocycles. The van der Waals surface area contributed by atoms with Crippen LogP contribution in [0.4, 0.5) is 18.9 Å². The fraction of sp³-hybridized carbons (Fsp3) is 0.250. The Kier molecular flexibility index (Phi) is 5.97. The zero-order valence-electron chi connectivity index (χ0n) is 18.4. The highest BCUT2D eigenvalue weighted by atomic mass is 32.2. The van der Waals surface area contributed by atoms with Crippen molar-refractivity contribution in [1.82, 2.24) is 19.9 Å². The number of halogens is 3. The zero-order valence-corrected chi connectivity index (χ0v) is 19.2. The molecule has 34 heavy (non-hydrogen) atoms. The van der Waals surface area contributed by atoms with E-state index in [2.05, 4.69) is 44.6 Å².